The molecule has 1 fully saturated rings. The first kappa shape index (κ1) is 18.4. The number of carbonyl (C=O) groups excluding carboxylic acids is 1. The highest BCUT2D eigenvalue weighted by Crippen LogP contribution is 2.72. The predicted molar refractivity (Wildman–Crippen MR) is 93.0 cm³/mol. The summed E-state index contributed by atoms with van der Waals surface area (Å²) in [5.41, 5.74) is 0.190. The van der Waals surface area contributed by atoms with Gasteiger partial charge in [-0.3, -0.25) is 4.98 Å². The van der Waals surface area contributed by atoms with Crippen molar-refractivity contribution in [3.63, 3.8) is 0 Å². The molecule has 0 saturated heterocycles. The zero-order valence-corrected chi connectivity index (χ0v) is 15.5. The summed E-state index contributed by atoms with van der Waals surface area (Å²) in [5, 5.41) is 0.414. The summed E-state index contributed by atoms with van der Waals surface area (Å²) in [6, 6.07) is 0. The normalized spacial score (nSPS) is 29.4. The van der Waals surface area contributed by atoms with Crippen molar-refractivity contribution in [2.24, 2.45) is 22.7 Å². The summed E-state index contributed by atoms with van der Waals surface area (Å²) in [5.74, 6) is 6.68. The first-order valence-corrected chi connectivity index (χ1v) is 8.02. The highest BCUT2D eigenvalue weighted by molar-refractivity contribution is 6.39. The van der Waals surface area contributed by atoms with Crippen molar-refractivity contribution in [3.05, 3.63) is 28.0 Å². The number of fused-ring (bicyclic) bond motifs is 1. The lowest BCUT2D eigenvalue weighted by Crippen LogP contribution is -2.24. The standard InChI is InChI=1S/C17H17Cl2NO2.ClH/c1-10-4-5-13-16(2,3)17(13,6-10)9-22-15(21)14-11(18)7-20-8-12(14)19;/h7-8,10,13H,6,9H2,1-3H3;1H. The Labute approximate surface area is 152 Å². The Morgan fingerprint density at radius 3 is 2.57 bits per heavy atom. The van der Waals surface area contributed by atoms with Gasteiger partial charge in [-0.15, -0.1) is 12.4 Å². The number of pyridine rings is 1. The van der Waals surface area contributed by atoms with E-state index in [0.29, 0.717) is 12.5 Å². The van der Waals surface area contributed by atoms with Gasteiger partial charge in [-0.25, -0.2) is 4.79 Å². The average Bonchev–Trinajstić information content (AvgIpc) is 2.92. The van der Waals surface area contributed by atoms with Crippen LogP contribution < -0.4 is 0 Å². The molecule has 0 radical (unpaired) electrons. The van der Waals surface area contributed by atoms with Gasteiger partial charge in [-0.2, -0.15) is 0 Å². The van der Waals surface area contributed by atoms with Crippen molar-refractivity contribution >= 4 is 41.6 Å². The smallest absolute Gasteiger partial charge is 0.341 e. The number of hydrogen-bond acceptors (Lipinski definition) is 3. The Bertz CT molecular complexity index is 687. The second-order valence-corrected chi connectivity index (χ2v) is 7.57. The molecule has 124 valence electrons. The molecular formula is C17H18Cl3NO2. The zero-order valence-electron chi connectivity index (χ0n) is 13.2. The first-order chi connectivity index (χ1) is 10.3. The van der Waals surface area contributed by atoms with Crippen LogP contribution in [-0.4, -0.2) is 17.6 Å². The SMILES string of the molecule is CC1C#CC2C(C)(C)C2(COC(=O)c2c(Cl)cncc2Cl)C1.Cl. The molecule has 3 nitrogen and oxygen atoms in total. The molecule has 0 bridgehead atoms. The number of rotatable bonds is 3. The van der Waals surface area contributed by atoms with Gasteiger partial charge in [0.05, 0.1) is 22.2 Å². The Hall–Kier alpha value is -0.950. The minimum Gasteiger partial charge on any atom is -0.461 e. The fourth-order valence-corrected chi connectivity index (χ4v) is 4.19. The van der Waals surface area contributed by atoms with E-state index in [2.05, 4.69) is 37.6 Å². The molecule has 3 unspecified atom stereocenters. The van der Waals surface area contributed by atoms with Gasteiger partial charge in [-0.1, -0.05) is 55.8 Å². The summed E-state index contributed by atoms with van der Waals surface area (Å²) in [6.45, 7) is 6.82. The molecule has 0 aliphatic heterocycles. The number of esters is 1. The first-order valence-electron chi connectivity index (χ1n) is 7.27. The summed E-state index contributed by atoms with van der Waals surface area (Å²) in [4.78, 5) is 16.2. The molecule has 6 heteroatoms. The van der Waals surface area contributed by atoms with Crippen LogP contribution in [-0.2, 0) is 4.74 Å². The van der Waals surface area contributed by atoms with Crippen LogP contribution >= 0.6 is 35.6 Å². The second kappa shape index (κ2) is 6.16. The van der Waals surface area contributed by atoms with E-state index in [0.717, 1.165) is 6.42 Å². The maximum absolute atomic E-state index is 12.3. The molecule has 1 heterocycles. The van der Waals surface area contributed by atoms with E-state index in [1.165, 1.54) is 12.4 Å². The van der Waals surface area contributed by atoms with Crippen LogP contribution in [0.25, 0.3) is 0 Å². The molecule has 1 aromatic rings. The van der Waals surface area contributed by atoms with E-state index in [1.807, 2.05) is 0 Å². The van der Waals surface area contributed by atoms with Gasteiger partial charge in [0.25, 0.3) is 0 Å². The van der Waals surface area contributed by atoms with Gasteiger partial charge in [-0.05, 0) is 11.8 Å². The van der Waals surface area contributed by atoms with E-state index in [1.54, 1.807) is 0 Å². The van der Waals surface area contributed by atoms with Crippen LogP contribution in [0.4, 0.5) is 0 Å². The molecule has 0 N–H and O–H groups in total. The molecule has 0 amide bonds. The Morgan fingerprint density at radius 1 is 1.35 bits per heavy atom. The Kier molecular flexibility index (Phi) is 4.93. The number of aromatic nitrogens is 1. The lowest BCUT2D eigenvalue weighted by Gasteiger charge is -2.23. The fraction of sp³-hybridized carbons (Fsp3) is 0.529. The summed E-state index contributed by atoms with van der Waals surface area (Å²) >= 11 is 12.0. The van der Waals surface area contributed by atoms with Crippen molar-refractivity contribution in [2.45, 2.75) is 27.2 Å². The van der Waals surface area contributed by atoms with Crippen molar-refractivity contribution in [1.82, 2.24) is 4.98 Å². The molecule has 2 aliphatic carbocycles. The fourth-order valence-electron chi connectivity index (χ4n) is 3.67. The van der Waals surface area contributed by atoms with E-state index >= 15 is 0 Å². The van der Waals surface area contributed by atoms with Crippen LogP contribution in [0.3, 0.4) is 0 Å². The van der Waals surface area contributed by atoms with Crippen molar-refractivity contribution in [1.29, 1.82) is 0 Å². The number of carbonyl (C=O) groups is 1. The van der Waals surface area contributed by atoms with Gasteiger partial charge in [0.15, 0.2) is 0 Å². The molecule has 0 aromatic carbocycles. The van der Waals surface area contributed by atoms with Gasteiger partial charge < -0.3 is 4.74 Å². The Morgan fingerprint density at radius 2 is 1.96 bits per heavy atom. The number of hydrogen-bond donors (Lipinski definition) is 0. The predicted octanol–water partition coefficient (Wildman–Crippen LogP) is 4.65. The van der Waals surface area contributed by atoms with Crippen LogP contribution in [0.5, 0.6) is 0 Å². The highest BCUT2D eigenvalue weighted by atomic mass is 35.5. The maximum atomic E-state index is 12.3. The molecule has 2 aliphatic rings. The quantitative estimate of drug-likeness (QED) is 0.571. The van der Waals surface area contributed by atoms with Crippen molar-refractivity contribution in [3.8, 4) is 11.8 Å². The van der Waals surface area contributed by atoms with Crippen LogP contribution in [0.2, 0.25) is 10.0 Å². The summed E-state index contributed by atoms with van der Waals surface area (Å²) in [6.07, 6.45) is 3.73. The molecule has 0 spiro atoms. The summed E-state index contributed by atoms with van der Waals surface area (Å²) < 4.78 is 5.55. The van der Waals surface area contributed by atoms with Gasteiger partial charge >= 0.3 is 5.97 Å². The zero-order chi connectivity index (χ0) is 16.1. The monoisotopic (exact) mass is 373 g/mol. The van der Waals surface area contributed by atoms with Crippen LogP contribution in [0.1, 0.15) is 37.6 Å². The third-order valence-corrected chi connectivity index (χ3v) is 5.71. The van der Waals surface area contributed by atoms with E-state index < -0.39 is 5.97 Å². The van der Waals surface area contributed by atoms with Crippen LogP contribution in [0, 0.1) is 34.5 Å². The number of halogens is 3. The third-order valence-electron chi connectivity index (χ3n) is 5.14. The average molecular weight is 375 g/mol. The van der Waals surface area contributed by atoms with Crippen LogP contribution in [0.15, 0.2) is 12.4 Å². The molecule has 3 atom stereocenters. The van der Waals surface area contributed by atoms with E-state index in [-0.39, 0.29) is 44.8 Å². The lowest BCUT2D eigenvalue weighted by atomic mass is 9.85. The molecule has 3 rings (SSSR count). The number of ether oxygens (including phenoxy) is 1. The maximum Gasteiger partial charge on any atom is 0.341 e. The van der Waals surface area contributed by atoms with Gasteiger partial charge in [0, 0.05) is 29.6 Å². The summed E-state index contributed by atoms with van der Waals surface area (Å²) in [7, 11) is 0. The van der Waals surface area contributed by atoms with E-state index in [4.69, 9.17) is 27.9 Å². The topological polar surface area (TPSA) is 39.2 Å². The molecule has 1 saturated carbocycles. The molecule has 1 aromatic heterocycles. The lowest BCUT2D eigenvalue weighted by molar-refractivity contribution is 0.0353. The van der Waals surface area contributed by atoms with Gasteiger partial charge in [0.1, 0.15) is 0 Å². The van der Waals surface area contributed by atoms with Crippen molar-refractivity contribution < 1.29 is 9.53 Å². The minimum absolute atomic E-state index is 0. The minimum atomic E-state index is -0.501. The second-order valence-electron chi connectivity index (χ2n) is 6.76. The van der Waals surface area contributed by atoms with E-state index in [9.17, 15) is 4.79 Å². The third kappa shape index (κ3) is 2.82. The number of nitrogens with zero attached hydrogens (tertiary/aromatic N) is 1. The molecular weight excluding hydrogens is 357 g/mol. The Balaban J connectivity index is 0.00000192. The highest BCUT2D eigenvalue weighted by Gasteiger charge is 2.71. The van der Waals surface area contributed by atoms with Gasteiger partial charge in [0.2, 0.25) is 0 Å². The van der Waals surface area contributed by atoms with Crippen molar-refractivity contribution in [2.75, 3.05) is 6.61 Å². The largest absolute Gasteiger partial charge is 0.461 e. The molecule has 23 heavy (non-hydrogen) atoms.